The molecule has 0 aliphatic carbocycles. The molecule has 1 saturated heterocycles. The first kappa shape index (κ1) is 18.2. The van der Waals surface area contributed by atoms with Crippen LogP contribution < -0.4 is 21.7 Å². The summed E-state index contributed by atoms with van der Waals surface area (Å²) in [5.74, 6) is -0.0987. The molecule has 1 heterocycles. The highest BCUT2D eigenvalue weighted by Crippen LogP contribution is 2.28. The minimum absolute atomic E-state index is 0.00100. The van der Waals surface area contributed by atoms with Gasteiger partial charge in [0.2, 0.25) is 0 Å². The third-order valence-electron chi connectivity index (χ3n) is 4.42. The van der Waals surface area contributed by atoms with Gasteiger partial charge in [0.05, 0.1) is 6.61 Å². The third kappa shape index (κ3) is 5.21. The summed E-state index contributed by atoms with van der Waals surface area (Å²) in [5, 5.41) is 8.88. The van der Waals surface area contributed by atoms with Crippen molar-refractivity contribution in [3.05, 3.63) is 35.4 Å². The third-order valence-corrected chi connectivity index (χ3v) is 4.42. The van der Waals surface area contributed by atoms with Crippen LogP contribution in [-0.4, -0.2) is 45.3 Å². The molecule has 0 bridgehead atoms. The normalized spacial score (nSPS) is 16.4. The number of piperidine rings is 1. The van der Waals surface area contributed by atoms with Gasteiger partial charge in [-0.3, -0.25) is 4.79 Å². The van der Waals surface area contributed by atoms with E-state index in [1.165, 1.54) is 0 Å². The van der Waals surface area contributed by atoms with Gasteiger partial charge in [-0.2, -0.15) is 0 Å². The fourth-order valence-corrected chi connectivity index (χ4v) is 2.97. The van der Waals surface area contributed by atoms with Crippen LogP contribution in [0.2, 0.25) is 0 Å². The highest BCUT2D eigenvalue weighted by Gasteiger charge is 2.32. The number of rotatable bonds is 7. The Hall–Kier alpha value is -2.12. The monoisotopic (exact) mass is 334 g/mol. The van der Waals surface area contributed by atoms with Crippen molar-refractivity contribution in [3.8, 4) is 0 Å². The molecule has 1 aliphatic rings. The molecule has 0 spiro atoms. The summed E-state index contributed by atoms with van der Waals surface area (Å²) in [7, 11) is 1.70. The van der Waals surface area contributed by atoms with E-state index >= 15 is 0 Å². The molecular weight excluding hydrogens is 308 g/mol. The lowest BCUT2D eigenvalue weighted by Crippen LogP contribution is -2.47. The maximum Gasteiger partial charge on any atom is 0.312 e. The Morgan fingerprint density at radius 2 is 1.88 bits per heavy atom. The first-order chi connectivity index (χ1) is 11.5. The van der Waals surface area contributed by atoms with Crippen molar-refractivity contribution < 1.29 is 14.3 Å². The SMILES string of the molecule is COCC1(CNC(=O)c2ccc(CNC(N)=O)cc2)CCNCC1. The zero-order valence-corrected chi connectivity index (χ0v) is 14.1. The molecule has 5 N–H and O–H groups in total. The van der Waals surface area contributed by atoms with E-state index < -0.39 is 6.03 Å². The fourth-order valence-electron chi connectivity index (χ4n) is 2.97. The van der Waals surface area contributed by atoms with E-state index in [2.05, 4.69) is 16.0 Å². The number of amides is 3. The molecule has 2 rings (SSSR count). The van der Waals surface area contributed by atoms with Gasteiger partial charge in [0.15, 0.2) is 0 Å². The Bertz CT molecular complexity index is 548. The number of nitrogens with two attached hydrogens (primary N) is 1. The number of nitrogens with one attached hydrogen (secondary N) is 3. The van der Waals surface area contributed by atoms with E-state index in [9.17, 15) is 9.59 Å². The minimum Gasteiger partial charge on any atom is -0.384 e. The van der Waals surface area contributed by atoms with Crippen LogP contribution in [0.15, 0.2) is 24.3 Å². The summed E-state index contributed by atoms with van der Waals surface area (Å²) in [6.07, 6.45) is 1.97. The second kappa shape index (κ2) is 8.65. The van der Waals surface area contributed by atoms with Crippen LogP contribution in [0.4, 0.5) is 4.79 Å². The molecule has 7 heteroatoms. The van der Waals surface area contributed by atoms with Crippen LogP contribution in [0.3, 0.4) is 0 Å². The Morgan fingerprint density at radius 3 is 2.46 bits per heavy atom. The van der Waals surface area contributed by atoms with Gasteiger partial charge < -0.3 is 26.4 Å². The van der Waals surface area contributed by atoms with Crippen molar-refractivity contribution in [2.75, 3.05) is 33.4 Å². The summed E-state index contributed by atoms with van der Waals surface area (Å²) < 4.78 is 5.36. The lowest BCUT2D eigenvalue weighted by Gasteiger charge is -2.37. The number of hydrogen-bond donors (Lipinski definition) is 4. The first-order valence-electron chi connectivity index (χ1n) is 8.15. The van der Waals surface area contributed by atoms with Gasteiger partial charge in [0, 0.05) is 31.2 Å². The van der Waals surface area contributed by atoms with Crippen molar-refractivity contribution in [2.45, 2.75) is 19.4 Å². The van der Waals surface area contributed by atoms with Gasteiger partial charge in [-0.1, -0.05) is 12.1 Å². The average Bonchev–Trinajstić information content (AvgIpc) is 2.59. The molecule has 0 atom stereocenters. The lowest BCUT2D eigenvalue weighted by atomic mass is 9.79. The number of carbonyl (C=O) groups excluding carboxylic acids is 2. The molecule has 1 aliphatic heterocycles. The van der Waals surface area contributed by atoms with E-state index in [-0.39, 0.29) is 11.3 Å². The molecule has 0 unspecified atom stereocenters. The molecule has 132 valence electrons. The molecule has 24 heavy (non-hydrogen) atoms. The maximum atomic E-state index is 12.4. The van der Waals surface area contributed by atoms with Crippen LogP contribution in [0, 0.1) is 5.41 Å². The van der Waals surface area contributed by atoms with Gasteiger partial charge in [-0.25, -0.2) is 4.79 Å². The second-order valence-corrected chi connectivity index (χ2v) is 6.28. The Kier molecular flexibility index (Phi) is 6.57. The standard InChI is InChI=1S/C17H26N4O3/c1-24-12-17(6-8-19-9-7-17)11-21-15(22)14-4-2-13(3-5-14)10-20-16(18)23/h2-5,19H,6-12H2,1H3,(H,21,22)(H3,18,20,23). The summed E-state index contributed by atoms with van der Waals surface area (Å²) in [5.41, 5.74) is 6.52. The number of urea groups is 1. The van der Waals surface area contributed by atoms with Gasteiger partial charge in [0.25, 0.3) is 5.91 Å². The lowest BCUT2D eigenvalue weighted by molar-refractivity contribution is 0.0512. The minimum atomic E-state index is -0.567. The predicted molar refractivity (Wildman–Crippen MR) is 91.6 cm³/mol. The molecule has 7 nitrogen and oxygen atoms in total. The summed E-state index contributed by atoms with van der Waals surface area (Å²) >= 11 is 0. The van der Waals surface area contributed by atoms with Crippen molar-refractivity contribution in [2.24, 2.45) is 11.1 Å². The number of benzene rings is 1. The quantitative estimate of drug-likeness (QED) is 0.586. The maximum absolute atomic E-state index is 12.4. The number of carbonyl (C=O) groups is 2. The van der Waals surface area contributed by atoms with Gasteiger partial charge in [-0.05, 0) is 43.6 Å². The topological polar surface area (TPSA) is 105 Å². The van der Waals surface area contributed by atoms with Crippen molar-refractivity contribution >= 4 is 11.9 Å². The van der Waals surface area contributed by atoms with Gasteiger partial charge in [-0.15, -0.1) is 0 Å². The molecule has 3 amide bonds. The zero-order valence-electron chi connectivity index (χ0n) is 14.1. The smallest absolute Gasteiger partial charge is 0.312 e. The second-order valence-electron chi connectivity index (χ2n) is 6.28. The highest BCUT2D eigenvalue weighted by atomic mass is 16.5. The van der Waals surface area contributed by atoms with Crippen LogP contribution in [0.5, 0.6) is 0 Å². The van der Waals surface area contributed by atoms with Crippen LogP contribution in [-0.2, 0) is 11.3 Å². The Labute approximate surface area is 142 Å². The van der Waals surface area contributed by atoms with E-state index in [1.54, 1.807) is 31.4 Å². The summed E-state index contributed by atoms with van der Waals surface area (Å²) in [4.78, 5) is 23.1. The van der Waals surface area contributed by atoms with E-state index in [0.717, 1.165) is 31.5 Å². The molecule has 1 aromatic carbocycles. The van der Waals surface area contributed by atoms with E-state index in [4.69, 9.17) is 10.5 Å². The van der Waals surface area contributed by atoms with E-state index in [1.807, 2.05) is 0 Å². The summed E-state index contributed by atoms with van der Waals surface area (Å²) in [6.45, 7) is 3.49. The van der Waals surface area contributed by atoms with Crippen LogP contribution in [0.25, 0.3) is 0 Å². The van der Waals surface area contributed by atoms with Crippen LogP contribution >= 0.6 is 0 Å². The average molecular weight is 334 g/mol. The van der Waals surface area contributed by atoms with Gasteiger partial charge in [0.1, 0.15) is 0 Å². The molecule has 1 fully saturated rings. The molecule has 0 saturated carbocycles. The predicted octanol–water partition coefficient (Wildman–Crippen LogP) is 0.601. The number of ether oxygens (including phenoxy) is 1. The fraction of sp³-hybridized carbons (Fsp3) is 0.529. The zero-order chi connectivity index (χ0) is 17.4. The Balaban J connectivity index is 1.90. The summed E-state index contributed by atoms with van der Waals surface area (Å²) in [6, 6.07) is 6.54. The molecule has 0 aromatic heterocycles. The van der Waals surface area contributed by atoms with Crippen molar-refractivity contribution in [3.63, 3.8) is 0 Å². The van der Waals surface area contributed by atoms with E-state index in [0.29, 0.717) is 25.3 Å². The number of hydrogen-bond acceptors (Lipinski definition) is 4. The number of methoxy groups -OCH3 is 1. The van der Waals surface area contributed by atoms with Crippen LogP contribution in [0.1, 0.15) is 28.8 Å². The molecule has 1 aromatic rings. The van der Waals surface area contributed by atoms with Crippen molar-refractivity contribution in [1.29, 1.82) is 0 Å². The van der Waals surface area contributed by atoms with Crippen molar-refractivity contribution in [1.82, 2.24) is 16.0 Å². The van der Waals surface area contributed by atoms with Gasteiger partial charge >= 0.3 is 6.03 Å². The molecule has 0 radical (unpaired) electrons. The Morgan fingerprint density at radius 1 is 1.21 bits per heavy atom. The highest BCUT2D eigenvalue weighted by molar-refractivity contribution is 5.94. The first-order valence-corrected chi connectivity index (χ1v) is 8.15. The number of primary amides is 1. The molecular formula is C17H26N4O3. The largest absolute Gasteiger partial charge is 0.384 e.